The molecule has 9 nitrogen and oxygen atoms in total. The molecule has 152 valence electrons. The van der Waals surface area contributed by atoms with E-state index in [4.69, 9.17) is 19.9 Å². The van der Waals surface area contributed by atoms with Crippen molar-refractivity contribution >= 4 is 21.8 Å². The van der Waals surface area contributed by atoms with E-state index in [-0.39, 0.29) is 22.2 Å². The Morgan fingerprint density at radius 2 is 1.69 bits per heavy atom. The number of benzene rings is 2. The van der Waals surface area contributed by atoms with Gasteiger partial charge < -0.3 is 19.9 Å². The molecule has 2 aromatic carbocycles. The van der Waals surface area contributed by atoms with Crippen molar-refractivity contribution in [3.8, 4) is 17.4 Å². The smallest absolute Gasteiger partial charge is 0.344 e. The second-order valence-corrected chi connectivity index (χ2v) is 7.55. The van der Waals surface area contributed by atoms with Crippen molar-refractivity contribution in [3.63, 3.8) is 0 Å². The summed E-state index contributed by atoms with van der Waals surface area (Å²) < 4.78 is 41.7. The quantitative estimate of drug-likeness (QED) is 0.581. The molecule has 3 rings (SSSR count). The Balaban J connectivity index is 1.82. The van der Waals surface area contributed by atoms with Crippen molar-refractivity contribution in [2.75, 3.05) is 19.5 Å². The lowest BCUT2D eigenvalue weighted by molar-refractivity contribution is 0.0727. The number of nitrogens with two attached hydrogens (primary N) is 1. The first kappa shape index (κ1) is 20.2. The van der Waals surface area contributed by atoms with Crippen molar-refractivity contribution < 1.29 is 27.4 Å². The molecule has 29 heavy (non-hydrogen) atoms. The van der Waals surface area contributed by atoms with Gasteiger partial charge in [-0.05, 0) is 55.5 Å². The van der Waals surface area contributed by atoms with E-state index < -0.39 is 16.0 Å². The summed E-state index contributed by atoms with van der Waals surface area (Å²) in [7, 11) is -2.57. The number of esters is 1. The molecule has 0 saturated carbocycles. The molecular weight excluding hydrogens is 398 g/mol. The number of anilines is 1. The third kappa shape index (κ3) is 4.32. The minimum Gasteiger partial charge on any atom is -0.497 e. The van der Waals surface area contributed by atoms with Crippen molar-refractivity contribution in [2.45, 2.75) is 11.8 Å². The lowest BCUT2D eigenvalue weighted by Crippen LogP contribution is -2.17. The monoisotopic (exact) mass is 417 g/mol. The van der Waals surface area contributed by atoms with Crippen LogP contribution in [0.3, 0.4) is 0 Å². The molecule has 0 saturated heterocycles. The van der Waals surface area contributed by atoms with Gasteiger partial charge in [-0.15, -0.1) is 9.19 Å². The van der Waals surface area contributed by atoms with E-state index in [1.165, 1.54) is 43.5 Å². The van der Waals surface area contributed by atoms with Gasteiger partial charge >= 0.3 is 5.97 Å². The van der Waals surface area contributed by atoms with Gasteiger partial charge in [0.2, 0.25) is 5.88 Å². The molecule has 0 amide bonds. The van der Waals surface area contributed by atoms with Crippen LogP contribution in [-0.4, -0.2) is 37.3 Å². The first-order valence-corrected chi connectivity index (χ1v) is 9.99. The van der Waals surface area contributed by atoms with Crippen LogP contribution < -0.4 is 19.9 Å². The Bertz CT molecular complexity index is 1110. The Kier molecular flexibility index (Phi) is 5.74. The average Bonchev–Trinajstić information content (AvgIpc) is 3.09. The summed E-state index contributed by atoms with van der Waals surface area (Å²) in [4.78, 5) is 12.2. The Hall–Kier alpha value is -3.53. The number of carbonyl (C=O) groups excluding carboxylic acids is 1. The number of nitrogens with zero attached hydrogens (tertiary/aromatic N) is 2. The molecule has 10 heteroatoms. The number of hydrogen-bond acceptors (Lipinski definition) is 8. The second-order valence-electron chi connectivity index (χ2n) is 5.78. The highest BCUT2D eigenvalue weighted by atomic mass is 32.2. The predicted molar refractivity (Wildman–Crippen MR) is 105 cm³/mol. The molecular formula is C19H19N3O6S. The second kappa shape index (κ2) is 8.23. The van der Waals surface area contributed by atoms with Gasteiger partial charge in [0.15, 0.2) is 0 Å². The average molecular weight is 417 g/mol. The van der Waals surface area contributed by atoms with Gasteiger partial charge in [-0.2, -0.15) is 8.42 Å². The van der Waals surface area contributed by atoms with E-state index in [0.29, 0.717) is 22.2 Å². The van der Waals surface area contributed by atoms with E-state index in [9.17, 15) is 13.2 Å². The summed E-state index contributed by atoms with van der Waals surface area (Å²) in [6, 6.07) is 13.2. The van der Waals surface area contributed by atoms with Crippen molar-refractivity contribution in [3.05, 3.63) is 60.2 Å². The van der Waals surface area contributed by atoms with Gasteiger partial charge in [0.25, 0.3) is 10.0 Å². The summed E-state index contributed by atoms with van der Waals surface area (Å²) in [5, 5.41) is 3.82. The molecule has 2 N–H and O–H groups in total. The van der Waals surface area contributed by atoms with Gasteiger partial charge in [-0.25, -0.2) is 4.79 Å². The van der Waals surface area contributed by atoms with Gasteiger partial charge in [-0.3, -0.25) is 0 Å². The summed E-state index contributed by atoms with van der Waals surface area (Å²) in [5.41, 5.74) is 6.03. The lowest BCUT2D eigenvalue weighted by atomic mass is 10.2. The predicted octanol–water partition coefficient (Wildman–Crippen LogP) is 2.33. The summed E-state index contributed by atoms with van der Waals surface area (Å²) in [5.74, 6) is -0.0319. The van der Waals surface area contributed by atoms with E-state index >= 15 is 0 Å². The van der Waals surface area contributed by atoms with Crippen molar-refractivity contribution in [2.24, 2.45) is 0 Å². The van der Waals surface area contributed by atoms with Crippen LogP contribution in [0, 0.1) is 0 Å². The summed E-state index contributed by atoms with van der Waals surface area (Å²) in [6.07, 6.45) is 0. The van der Waals surface area contributed by atoms with E-state index in [2.05, 4.69) is 5.10 Å². The van der Waals surface area contributed by atoms with E-state index in [1.807, 2.05) is 6.92 Å². The first-order chi connectivity index (χ1) is 13.8. The molecule has 0 radical (unpaired) electrons. The summed E-state index contributed by atoms with van der Waals surface area (Å²) >= 11 is 0. The lowest BCUT2D eigenvalue weighted by Gasteiger charge is -2.07. The Morgan fingerprint density at radius 3 is 2.28 bits per heavy atom. The van der Waals surface area contributed by atoms with Crippen LogP contribution in [0.15, 0.2) is 59.5 Å². The Labute approximate surface area is 167 Å². The van der Waals surface area contributed by atoms with Crippen LogP contribution in [0.5, 0.6) is 17.4 Å². The molecule has 0 aliphatic carbocycles. The highest BCUT2D eigenvalue weighted by Crippen LogP contribution is 2.23. The Morgan fingerprint density at radius 1 is 1.07 bits per heavy atom. The zero-order chi connectivity index (χ0) is 21.0. The summed E-state index contributed by atoms with van der Waals surface area (Å²) in [6.45, 7) is 2.28. The highest BCUT2D eigenvalue weighted by Gasteiger charge is 2.23. The molecule has 1 aromatic heterocycles. The largest absolute Gasteiger partial charge is 0.497 e. The molecule has 0 aliphatic rings. The molecule has 3 aromatic rings. The molecule has 0 unspecified atom stereocenters. The number of aromatic nitrogens is 2. The van der Waals surface area contributed by atoms with E-state index in [0.717, 1.165) is 6.07 Å². The standard InChI is InChI=1S/C19H19N3O6S/c1-3-27-15-8-10-16(11-9-15)29(24,25)22-17(20)12-18(21-22)28-19(23)13-4-6-14(26-2)7-5-13/h4-12H,3,20H2,1-2H3. The fraction of sp³-hybridized carbons (Fsp3) is 0.158. The number of carbonyl (C=O) groups is 1. The fourth-order valence-corrected chi connectivity index (χ4v) is 3.65. The van der Waals surface area contributed by atoms with E-state index in [1.54, 1.807) is 12.1 Å². The number of methoxy groups -OCH3 is 1. The molecule has 0 aliphatic heterocycles. The zero-order valence-corrected chi connectivity index (χ0v) is 16.5. The van der Waals surface area contributed by atoms with Crippen molar-refractivity contribution in [1.82, 2.24) is 9.19 Å². The minimum atomic E-state index is -4.07. The van der Waals surface area contributed by atoms with Crippen LogP contribution in [0.1, 0.15) is 17.3 Å². The number of hydrogen-bond donors (Lipinski definition) is 1. The first-order valence-electron chi connectivity index (χ1n) is 8.55. The maximum Gasteiger partial charge on any atom is 0.344 e. The van der Waals surface area contributed by atoms with Gasteiger partial charge in [0.05, 0.1) is 24.2 Å². The number of rotatable bonds is 7. The van der Waals surface area contributed by atoms with Gasteiger partial charge in [0.1, 0.15) is 17.3 Å². The molecule has 0 bridgehead atoms. The topological polar surface area (TPSA) is 123 Å². The molecule has 0 spiro atoms. The molecule has 0 atom stereocenters. The van der Waals surface area contributed by atoms with Gasteiger partial charge in [0, 0.05) is 6.07 Å². The van der Waals surface area contributed by atoms with Gasteiger partial charge in [-0.1, -0.05) is 0 Å². The minimum absolute atomic E-state index is 0.0382. The normalized spacial score (nSPS) is 11.1. The van der Waals surface area contributed by atoms with Crippen LogP contribution in [0.4, 0.5) is 5.82 Å². The highest BCUT2D eigenvalue weighted by molar-refractivity contribution is 7.90. The maximum absolute atomic E-state index is 12.8. The number of ether oxygens (including phenoxy) is 3. The van der Waals surface area contributed by atoms with Crippen LogP contribution in [0.2, 0.25) is 0 Å². The van der Waals surface area contributed by atoms with Crippen molar-refractivity contribution in [1.29, 1.82) is 0 Å². The van der Waals surface area contributed by atoms with Crippen LogP contribution in [0.25, 0.3) is 0 Å². The third-order valence-electron chi connectivity index (χ3n) is 3.86. The molecule has 1 heterocycles. The van der Waals surface area contributed by atoms with Crippen LogP contribution >= 0.6 is 0 Å². The maximum atomic E-state index is 12.8. The number of nitrogen functional groups attached to an aromatic ring is 1. The zero-order valence-electron chi connectivity index (χ0n) is 15.7. The third-order valence-corrected chi connectivity index (χ3v) is 5.48. The fourth-order valence-electron chi connectivity index (χ4n) is 2.46. The van der Waals surface area contributed by atoms with Crippen LogP contribution in [-0.2, 0) is 10.0 Å². The molecule has 0 fully saturated rings. The SMILES string of the molecule is CCOc1ccc(S(=O)(=O)n2nc(OC(=O)c3ccc(OC)cc3)cc2N)cc1.